The Morgan fingerprint density at radius 3 is 2.56 bits per heavy atom. The summed E-state index contributed by atoms with van der Waals surface area (Å²) in [6, 6.07) is 0.361. The van der Waals surface area contributed by atoms with Crippen molar-refractivity contribution in [2.75, 3.05) is 27.2 Å². The molecule has 1 rings (SSSR count). The topological polar surface area (TPSA) is 58.8 Å². The lowest BCUT2D eigenvalue weighted by atomic mass is 10.1. The molecule has 106 valence electrons. The maximum atomic E-state index is 12.2. The normalized spacial score (nSPS) is 22.4. The molecule has 0 spiro atoms. The smallest absolute Gasteiger partial charge is 0.410 e. The van der Waals surface area contributed by atoms with Crippen molar-refractivity contribution < 1.29 is 9.53 Å². The number of amides is 1. The van der Waals surface area contributed by atoms with E-state index in [1.54, 1.807) is 0 Å². The summed E-state index contributed by atoms with van der Waals surface area (Å²) in [7, 11) is 4.01. The molecule has 5 heteroatoms. The summed E-state index contributed by atoms with van der Waals surface area (Å²) in [6.07, 6.45) is 1.80. The van der Waals surface area contributed by atoms with Crippen LogP contribution < -0.4 is 5.73 Å². The van der Waals surface area contributed by atoms with Gasteiger partial charge in [-0.05, 0) is 47.7 Å². The number of nitrogens with two attached hydrogens (primary N) is 1. The molecule has 1 fully saturated rings. The molecule has 2 N–H and O–H groups in total. The molecule has 0 radical (unpaired) electrons. The van der Waals surface area contributed by atoms with Crippen LogP contribution in [0.2, 0.25) is 0 Å². The quantitative estimate of drug-likeness (QED) is 0.827. The van der Waals surface area contributed by atoms with Crippen LogP contribution in [0.4, 0.5) is 4.79 Å². The summed E-state index contributed by atoms with van der Waals surface area (Å²) in [6.45, 7) is 6.99. The van der Waals surface area contributed by atoms with Gasteiger partial charge in [-0.25, -0.2) is 4.79 Å². The zero-order valence-electron chi connectivity index (χ0n) is 12.3. The van der Waals surface area contributed by atoms with Gasteiger partial charge in [0.15, 0.2) is 0 Å². The van der Waals surface area contributed by atoms with Crippen LogP contribution in [0.25, 0.3) is 0 Å². The maximum absolute atomic E-state index is 12.2. The Labute approximate surface area is 110 Å². The molecule has 1 aliphatic heterocycles. The molecule has 5 nitrogen and oxygen atoms in total. The summed E-state index contributed by atoms with van der Waals surface area (Å²) < 4.78 is 5.45. The molecule has 2 unspecified atom stereocenters. The van der Waals surface area contributed by atoms with Crippen LogP contribution in [0.3, 0.4) is 0 Å². The summed E-state index contributed by atoms with van der Waals surface area (Å²) in [5.74, 6) is 0. The van der Waals surface area contributed by atoms with E-state index in [1.807, 2.05) is 39.8 Å². The van der Waals surface area contributed by atoms with Crippen LogP contribution in [0.5, 0.6) is 0 Å². The van der Waals surface area contributed by atoms with Gasteiger partial charge in [0.2, 0.25) is 0 Å². The number of nitrogens with zero attached hydrogens (tertiary/aromatic N) is 2. The highest BCUT2D eigenvalue weighted by atomic mass is 16.6. The highest BCUT2D eigenvalue weighted by Gasteiger charge is 2.37. The second-order valence-corrected chi connectivity index (χ2v) is 6.15. The minimum absolute atomic E-state index is 0.167. The molecule has 1 heterocycles. The first-order valence-electron chi connectivity index (χ1n) is 6.62. The van der Waals surface area contributed by atoms with Crippen LogP contribution >= 0.6 is 0 Å². The molecule has 0 aromatic carbocycles. The number of ether oxygens (including phenoxy) is 1. The summed E-state index contributed by atoms with van der Waals surface area (Å²) >= 11 is 0. The van der Waals surface area contributed by atoms with Gasteiger partial charge in [-0.2, -0.15) is 0 Å². The van der Waals surface area contributed by atoms with Crippen molar-refractivity contribution in [2.24, 2.45) is 5.73 Å². The average Bonchev–Trinajstić information content (AvgIpc) is 2.64. The van der Waals surface area contributed by atoms with E-state index >= 15 is 0 Å². The van der Waals surface area contributed by atoms with Crippen molar-refractivity contribution in [2.45, 2.75) is 51.3 Å². The monoisotopic (exact) mass is 257 g/mol. The van der Waals surface area contributed by atoms with Crippen LogP contribution in [0, 0.1) is 0 Å². The van der Waals surface area contributed by atoms with Gasteiger partial charge in [0, 0.05) is 19.1 Å². The van der Waals surface area contributed by atoms with Gasteiger partial charge in [0.1, 0.15) is 5.60 Å². The van der Waals surface area contributed by atoms with Crippen LogP contribution in [0.15, 0.2) is 0 Å². The van der Waals surface area contributed by atoms with Gasteiger partial charge >= 0.3 is 6.09 Å². The van der Waals surface area contributed by atoms with Crippen molar-refractivity contribution in [3.8, 4) is 0 Å². The van der Waals surface area contributed by atoms with Crippen molar-refractivity contribution >= 4 is 6.09 Å². The first-order valence-corrected chi connectivity index (χ1v) is 6.62. The molecule has 1 saturated heterocycles. The fourth-order valence-corrected chi connectivity index (χ4v) is 2.45. The lowest BCUT2D eigenvalue weighted by Crippen LogP contribution is -2.52. The summed E-state index contributed by atoms with van der Waals surface area (Å²) in [5, 5.41) is 0. The Balaban J connectivity index is 2.72. The summed E-state index contributed by atoms with van der Waals surface area (Å²) in [4.78, 5) is 16.1. The lowest BCUT2D eigenvalue weighted by Gasteiger charge is -2.35. The third-order valence-electron chi connectivity index (χ3n) is 3.28. The van der Waals surface area contributed by atoms with Gasteiger partial charge < -0.3 is 20.3 Å². The molecule has 2 atom stereocenters. The SMILES string of the molecule is CN(C)C(CN)C1CCCN1C(=O)OC(C)(C)C. The zero-order chi connectivity index (χ0) is 13.9. The van der Waals surface area contributed by atoms with E-state index in [9.17, 15) is 4.79 Å². The Kier molecular flexibility index (Phi) is 4.99. The Morgan fingerprint density at radius 2 is 2.11 bits per heavy atom. The number of hydrogen-bond acceptors (Lipinski definition) is 4. The van der Waals surface area contributed by atoms with Crippen molar-refractivity contribution in [3.05, 3.63) is 0 Å². The highest BCUT2D eigenvalue weighted by Crippen LogP contribution is 2.24. The van der Waals surface area contributed by atoms with E-state index in [0.29, 0.717) is 6.54 Å². The Morgan fingerprint density at radius 1 is 1.50 bits per heavy atom. The number of hydrogen-bond donors (Lipinski definition) is 1. The number of rotatable bonds is 3. The number of likely N-dealkylation sites (tertiary alicyclic amines) is 1. The molecule has 18 heavy (non-hydrogen) atoms. The minimum Gasteiger partial charge on any atom is -0.444 e. The van der Waals surface area contributed by atoms with E-state index in [2.05, 4.69) is 4.90 Å². The van der Waals surface area contributed by atoms with Crippen LogP contribution in [-0.4, -0.2) is 60.8 Å². The number of carbonyl (C=O) groups is 1. The molecule has 0 saturated carbocycles. The summed E-state index contributed by atoms with van der Waals surface area (Å²) in [5.41, 5.74) is 5.38. The van der Waals surface area contributed by atoms with E-state index < -0.39 is 5.60 Å². The van der Waals surface area contributed by atoms with Gasteiger partial charge in [-0.15, -0.1) is 0 Å². The van der Waals surface area contributed by atoms with Gasteiger partial charge in [0.25, 0.3) is 0 Å². The van der Waals surface area contributed by atoms with Crippen molar-refractivity contribution in [1.82, 2.24) is 9.80 Å². The molecule has 0 aromatic rings. The first kappa shape index (κ1) is 15.2. The van der Waals surface area contributed by atoms with E-state index in [-0.39, 0.29) is 18.2 Å². The molecule has 1 amide bonds. The van der Waals surface area contributed by atoms with Crippen molar-refractivity contribution in [3.63, 3.8) is 0 Å². The fraction of sp³-hybridized carbons (Fsp3) is 0.923. The van der Waals surface area contributed by atoms with E-state index in [0.717, 1.165) is 19.4 Å². The minimum atomic E-state index is -0.444. The fourth-order valence-electron chi connectivity index (χ4n) is 2.45. The number of likely N-dealkylation sites (N-methyl/N-ethyl adjacent to an activating group) is 1. The van der Waals surface area contributed by atoms with Gasteiger partial charge in [0.05, 0.1) is 6.04 Å². The largest absolute Gasteiger partial charge is 0.444 e. The van der Waals surface area contributed by atoms with Gasteiger partial charge in [-0.1, -0.05) is 0 Å². The third kappa shape index (κ3) is 3.85. The average molecular weight is 257 g/mol. The maximum Gasteiger partial charge on any atom is 0.410 e. The molecular formula is C13H27N3O2. The second kappa shape index (κ2) is 5.89. The third-order valence-corrected chi connectivity index (χ3v) is 3.28. The molecule has 0 aromatic heterocycles. The second-order valence-electron chi connectivity index (χ2n) is 6.15. The van der Waals surface area contributed by atoms with E-state index in [1.165, 1.54) is 0 Å². The molecule has 0 aliphatic carbocycles. The van der Waals surface area contributed by atoms with Gasteiger partial charge in [-0.3, -0.25) is 0 Å². The Bertz CT molecular complexity index is 286. The first-order chi connectivity index (χ1) is 8.26. The highest BCUT2D eigenvalue weighted by molar-refractivity contribution is 5.69. The van der Waals surface area contributed by atoms with Crippen LogP contribution in [0.1, 0.15) is 33.6 Å². The number of carbonyl (C=O) groups excluding carboxylic acids is 1. The Hall–Kier alpha value is -0.810. The molecule has 1 aliphatic rings. The zero-order valence-corrected chi connectivity index (χ0v) is 12.3. The standard InChI is InChI=1S/C13H27N3O2/c1-13(2,3)18-12(17)16-8-6-7-10(16)11(9-14)15(4)5/h10-11H,6-9,14H2,1-5H3. The van der Waals surface area contributed by atoms with Crippen molar-refractivity contribution in [1.29, 1.82) is 0 Å². The predicted octanol–water partition coefficient (Wildman–Crippen LogP) is 1.27. The molecular weight excluding hydrogens is 230 g/mol. The van der Waals surface area contributed by atoms with E-state index in [4.69, 9.17) is 10.5 Å². The predicted molar refractivity (Wildman–Crippen MR) is 72.5 cm³/mol. The lowest BCUT2D eigenvalue weighted by molar-refractivity contribution is 0.0158. The molecule has 0 bridgehead atoms. The van der Waals surface area contributed by atoms with Crippen LogP contribution in [-0.2, 0) is 4.74 Å².